The van der Waals surface area contributed by atoms with Crippen LogP contribution in [0.3, 0.4) is 0 Å². The summed E-state index contributed by atoms with van der Waals surface area (Å²) >= 11 is 0. The van der Waals surface area contributed by atoms with Gasteiger partial charge in [0.1, 0.15) is 6.54 Å². The van der Waals surface area contributed by atoms with Crippen molar-refractivity contribution in [3.8, 4) is 6.07 Å². The molecule has 0 aliphatic rings. The van der Waals surface area contributed by atoms with Crippen molar-refractivity contribution < 1.29 is 32.6 Å². The Hall–Kier alpha value is -2.77. The van der Waals surface area contributed by atoms with E-state index in [0.717, 1.165) is 12.1 Å². The van der Waals surface area contributed by atoms with Crippen molar-refractivity contribution in [3.05, 3.63) is 29.8 Å². The lowest BCUT2D eigenvalue weighted by Gasteiger charge is -2.12. The Labute approximate surface area is 137 Å². The number of nitriles is 1. The van der Waals surface area contributed by atoms with E-state index in [-0.39, 0.29) is 6.61 Å². The number of Topliss-reactive ketones (excluding diaryl/α,β-unsaturated/α-hetero) is 1. The Morgan fingerprint density at radius 1 is 1.33 bits per heavy atom. The number of carbonyl (C=O) groups is 3. The second-order valence-electron chi connectivity index (χ2n) is 4.39. The number of benzene rings is 1. The van der Waals surface area contributed by atoms with Gasteiger partial charge in [0.25, 0.3) is 0 Å². The molecule has 1 aromatic carbocycles. The van der Waals surface area contributed by atoms with Crippen LogP contribution in [0.4, 0.5) is 0 Å². The third-order valence-electron chi connectivity index (χ3n) is 2.77. The zero-order valence-corrected chi connectivity index (χ0v) is 13.4. The summed E-state index contributed by atoms with van der Waals surface area (Å²) in [5.41, 5.74) is -0.407. The molecule has 0 aliphatic carbocycles. The summed E-state index contributed by atoms with van der Waals surface area (Å²) in [5, 5.41) is 17.6. The molecule has 0 bridgehead atoms. The van der Waals surface area contributed by atoms with E-state index in [2.05, 4.69) is 4.74 Å². The first-order valence-corrected chi connectivity index (χ1v) is 8.13. The number of rotatable bonds is 8. The van der Waals surface area contributed by atoms with Crippen molar-refractivity contribution in [2.75, 3.05) is 13.2 Å². The third kappa shape index (κ3) is 4.61. The Balaban J connectivity index is 3.27. The number of sulfonamides is 1. The summed E-state index contributed by atoms with van der Waals surface area (Å²) in [5.74, 6) is -5.37. The highest BCUT2D eigenvalue weighted by atomic mass is 32.2. The van der Waals surface area contributed by atoms with Crippen LogP contribution in [0.1, 0.15) is 17.3 Å². The van der Waals surface area contributed by atoms with Gasteiger partial charge in [0.2, 0.25) is 15.9 Å². The maximum atomic E-state index is 12.4. The van der Waals surface area contributed by atoms with Gasteiger partial charge >= 0.3 is 11.9 Å². The van der Waals surface area contributed by atoms with E-state index in [1.165, 1.54) is 25.1 Å². The molecule has 0 saturated carbocycles. The summed E-state index contributed by atoms with van der Waals surface area (Å²) in [6, 6.07) is 6.34. The molecule has 0 heterocycles. The normalized spacial score (nSPS) is 12.0. The molecule has 0 saturated heterocycles. The second kappa shape index (κ2) is 8.19. The van der Waals surface area contributed by atoms with Gasteiger partial charge in [-0.15, -0.1) is 0 Å². The molecule has 1 unspecified atom stereocenters. The molecule has 10 heteroatoms. The zero-order chi connectivity index (χ0) is 18.3. The lowest BCUT2D eigenvalue weighted by molar-refractivity contribution is -0.144. The van der Waals surface area contributed by atoms with E-state index in [0.29, 0.717) is 0 Å². The average molecular weight is 354 g/mol. The number of carbonyl (C=O) groups excluding carboxylic acids is 2. The zero-order valence-electron chi connectivity index (χ0n) is 12.6. The molecule has 1 atom stereocenters. The molecule has 0 spiro atoms. The number of carboxylic acids is 1. The fourth-order valence-corrected chi connectivity index (χ4v) is 2.92. The third-order valence-corrected chi connectivity index (χ3v) is 4.23. The van der Waals surface area contributed by atoms with Crippen LogP contribution in [0.15, 0.2) is 29.2 Å². The van der Waals surface area contributed by atoms with Crippen LogP contribution >= 0.6 is 0 Å². The largest absolute Gasteiger partial charge is 0.480 e. The number of ether oxygens (including phenoxy) is 1. The first kappa shape index (κ1) is 19.3. The highest BCUT2D eigenvalue weighted by Crippen LogP contribution is 2.19. The minimum absolute atomic E-state index is 0.0512. The smallest absolute Gasteiger partial charge is 0.331 e. The van der Waals surface area contributed by atoms with E-state index >= 15 is 0 Å². The van der Waals surface area contributed by atoms with Crippen LogP contribution in [0.25, 0.3) is 0 Å². The highest BCUT2D eigenvalue weighted by molar-refractivity contribution is 7.89. The number of esters is 1. The SMILES string of the molecule is CCOC(=O)C(C#N)C(=O)c1ccccc1S(=O)(=O)NCC(=O)O. The molecular weight excluding hydrogens is 340 g/mol. The van der Waals surface area contributed by atoms with Crippen molar-refractivity contribution >= 4 is 27.7 Å². The summed E-state index contributed by atoms with van der Waals surface area (Å²) in [6.07, 6.45) is 0. The van der Waals surface area contributed by atoms with E-state index in [4.69, 9.17) is 10.4 Å². The summed E-state index contributed by atoms with van der Waals surface area (Å²) in [4.78, 5) is 34.0. The number of nitrogens with one attached hydrogen (secondary N) is 1. The fraction of sp³-hybridized carbons (Fsp3) is 0.286. The standard InChI is InChI=1S/C14H14N2O7S/c1-2-23-14(20)10(7-15)13(19)9-5-3-4-6-11(9)24(21,22)16-8-12(17)18/h3-6,10,16H,2,8H2,1H3,(H,17,18). The van der Waals surface area contributed by atoms with Gasteiger partial charge < -0.3 is 9.84 Å². The molecular formula is C14H14N2O7S. The van der Waals surface area contributed by atoms with E-state index in [1.54, 1.807) is 4.72 Å². The van der Waals surface area contributed by atoms with Crippen LogP contribution in [0.5, 0.6) is 0 Å². The Kier molecular flexibility index (Phi) is 6.58. The molecule has 24 heavy (non-hydrogen) atoms. The number of carboxylic acid groups (broad SMARTS) is 1. The van der Waals surface area contributed by atoms with Crippen molar-refractivity contribution in [3.63, 3.8) is 0 Å². The minimum Gasteiger partial charge on any atom is -0.480 e. The molecule has 0 amide bonds. The molecule has 1 aromatic rings. The molecule has 0 fully saturated rings. The Morgan fingerprint density at radius 3 is 2.50 bits per heavy atom. The van der Waals surface area contributed by atoms with Crippen molar-refractivity contribution in [2.24, 2.45) is 5.92 Å². The van der Waals surface area contributed by atoms with Crippen LogP contribution in [0, 0.1) is 17.2 Å². The van der Waals surface area contributed by atoms with Gasteiger partial charge in [-0.3, -0.25) is 14.4 Å². The van der Waals surface area contributed by atoms with Crippen LogP contribution in [-0.2, 0) is 24.3 Å². The quantitative estimate of drug-likeness (QED) is 0.374. The number of nitrogens with zero attached hydrogens (tertiary/aromatic N) is 1. The molecule has 0 aliphatic heterocycles. The summed E-state index contributed by atoms with van der Waals surface area (Å²) < 4.78 is 30.7. The molecule has 0 aromatic heterocycles. The van der Waals surface area contributed by atoms with Crippen molar-refractivity contribution in [1.82, 2.24) is 4.72 Å². The van der Waals surface area contributed by atoms with Crippen LogP contribution in [-0.4, -0.2) is 44.4 Å². The molecule has 0 radical (unpaired) electrons. The van der Waals surface area contributed by atoms with Gasteiger partial charge in [-0.2, -0.15) is 9.98 Å². The Morgan fingerprint density at radius 2 is 1.96 bits per heavy atom. The lowest BCUT2D eigenvalue weighted by atomic mass is 9.99. The van der Waals surface area contributed by atoms with E-state index in [9.17, 15) is 22.8 Å². The maximum Gasteiger partial charge on any atom is 0.331 e. The van der Waals surface area contributed by atoms with Gasteiger partial charge in [-0.25, -0.2) is 8.42 Å². The highest BCUT2D eigenvalue weighted by Gasteiger charge is 2.32. The predicted octanol–water partition coefficient (Wildman–Crippen LogP) is -0.0649. The van der Waals surface area contributed by atoms with Crippen molar-refractivity contribution in [1.29, 1.82) is 5.26 Å². The molecule has 9 nitrogen and oxygen atoms in total. The van der Waals surface area contributed by atoms with Gasteiger partial charge in [-0.05, 0) is 19.1 Å². The van der Waals surface area contributed by atoms with Gasteiger partial charge in [0.05, 0.1) is 17.6 Å². The topological polar surface area (TPSA) is 151 Å². The molecule has 1 rings (SSSR count). The monoisotopic (exact) mass is 354 g/mol. The van der Waals surface area contributed by atoms with Crippen LogP contribution in [0.2, 0.25) is 0 Å². The number of hydrogen-bond donors (Lipinski definition) is 2. The summed E-state index contributed by atoms with van der Waals surface area (Å²) in [6.45, 7) is 0.555. The van der Waals surface area contributed by atoms with Crippen molar-refractivity contribution in [2.45, 2.75) is 11.8 Å². The van der Waals surface area contributed by atoms with E-state index < -0.39 is 50.7 Å². The first-order chi connectivity index (χ1) is 11.2. The second-order valence-corrected chi connectivity index (χ2v) is 6.13. The number of aliphatic carboxylic acids is 1. The number of ketones is 1. The first-order valence-electron chi connectivity index (χ1n) is 6.65. The maximum absolute atomic E-state index is 12.4. The fourth-order valence-electron chi connectivity index (χ4n) is 1.74. The minimum atomic E-state index is -4.32. The molecule has 2 N–H and O–H groups in total. The molecule has 128 valence electrons. The average Bonchev–Trinajstić information content (AvgIpc) is 2.54. The Bertz CT molecular complexity index is 796. The van der Waals surface area contributed by atoms with Gasteiger partial charge in [-0.1, -0.05) is 12.1 Å². The van der Waals surface area contributed by atoms with Gasteiger partial charge in [0, 0.05) is 5.56 Å². The number of hydrogen-bond acceptors (Lipinski definition) is 7. The lowest BCUT2D eigenvalue weighted by Crippen LogP contribution is -2.32. The predicted molar refractivity (Wildman–Crippen MR) is 79.3 cm³/mol. The van der Waals surface area contributed by atoms with Crippen LogP contribution < -0.4 is 4.72 Å². The van der Waals surface area contributed by atoms with E-state index in [1.807, 2.05) is 0 Å². The summed E-state index contributed by atoms with van der Waals surface area (Å²) in [7, 11) is -4.32. The van der Waals surface area contributed by atoms with Gasteiger partial charge in [0.15, 0.2) is 5.78 Å².